The lowest BCUT2D eigenvalue weighted by Crippen LogP contribution is -2.19. The molecule has 4 rings (SSSR count). The van der Waals surface area contributed by atoms with Crippen molar-refractivity contribution < 1.29 is 22.4 Å². The number of benzene rings is 1. The van der Waals surface area contributed by atoms with Gasteiger partial charge in [0.25, 0.3) is 11.8 Å². The number of carbonyl (C=O) groups is 2. The molecule has 29 heavy (non-hydrogen) atoms. The van der Waals surface area contributed by atoms with E-state index in [1.807, 2.05) is 0 Å². The quantitative estimate of drug-likeness (QED) is 0.654. The molecule has 1 fully saturated rings. The largest absolute Gasteiger partial charge is 0.463 e. The summed E-state index contributed by atoms with van der Waals surface area (Å²) in [4.78, 5) is 24.3. The van der Waals surface area contributed by atoms with Gasteiger partial charge in [0.2, 0.25) is 0 Å². The summed E-state index contributed by atoms with van der Waals surface area (Å²) in [6, 6.07) is 10.9. The van der Waals surface area contributed by atoms with Gasteiger partial charge in [-0.05, 0) is 30.7 Å². The number of sulfone groups is 1. The molecule has 150 valence electrons. The molecule has 0 aliphatic carbocycles. The van der Waals surface area contributed by atoms with Crippen LogP contribution in [0.5, 0.6) is 0 Å². The van der Waals surface area contributed by atoms with Gasteiger partial charge in [-0.2, -0.15) is 5.10 Å². The predicted molar refractivity (Wildman–Crippen MR) is 105 cm³/mol. The van der Waals surface area contributed by atoms with Crippen LogP contribution in [0.1, 0.15) is 33.3 Å². The van der Waals surface area contributed by atoms with Crippen molar-refractivity contribution in [1.29, 1.82) is 0 Å². The molecule has 2 aromatic heterocycles. The fourth-order valence-electron chi connectivity index (χ4n) is 3.35. The number of hydrogen-bond donors (Lipinski definition) is 2. The van der Waals surface area contributed by atoms with Gasteiger partial charge in [0, 0.05) is 6.07 Å². The first kappa shape index (κ1) is 18.9. The lowest BCUT2D eigenvalue weighted by atomic mass is 10.1. The molecule has 9 nitrogen and oxygen atoms in total. The Morgan fingerprint density at radius 1 is 1.21 bits per heavy atom. The number of furan rings is 1. The topological polar surface area (TPSA) is 137 Å². The third-order valence-electron chi connectivity index (χ3n) is 4.74. The Labute approximate surface area is 166 Å². The summed E-state index contributed by atoms with van der Waals surface area (Å²) in [6.45, 7) is 0. The maximum atomic E-state index is 12.8. The molecule has 3 aromatic rings. The highest BCUT2D eigenvalue weighted by molar-refractivity contribution is 7.91. The third kappa shape index (κ3) is 3.79. The van der Waals surface area contributed by atoms with Crippen LogP contribution in [0.25, 0.3) is 11.5 Å². The lowest BCUT2D eigenvalue weighted by Gasteiger charge is -2.11. The second-order valence-corrected chi connectivity index (χ2v) is 8.99. The predicted octanol–water partition coefficient (Wildman–Crippen LogP) is 1.85. The number of carbonyl (C=O) groups excluding carboxylic acids is 2. The van der Waals surface area contributed by atoms with E-state index in [1.54, 1.807) is 30.3 Å². The van der Waals surface area contributed by atoms with Gasteiger partial charge in [0.15, 0.2) is 21.3 Å². The molecule has 1 aliphatic heterocycles. The molecular weight excluding hydrogens is 396 g/mol. The molecule has 1 saturated heterocycles. The number of anilines is 1. The van der Waals surface area contributed by atoms with E-state index in [4.69, 9.17) is 10.2 Å². The first-order valence-electron chi connectivity index (χ1n) is 8.88. The minimum atomic E-state index is -3.15. The number of nitrogens with one attached hydrogen (secondary N) is 1. The molecule has 0 spiro atoms. The van der Waals surface area contributed by atoms with Crippen molar-refractivity contribution in [3.05, 3.63) is 60.0 Å². The van der Waals surface area contributed by atoms with Crippen molar-refractivity contribution in [1.82, 2.24) is 9.78 Å². The van der Waals surface area contributed by atoms with E-state index in [-0.39, 0.29) is 34.5 Å². The van der Waals surface area contributed by atoms with Crippen molar-refractivity contribution in [2.75, 3.05) is 16.8 Å². The van der Waals surface area contributed by atoms with Crippen molar-refractivity contribution in [2.45, 2.75) is 12.5 Å². The molecule has 0 radical (unpaired) electrons. The van der Waals surface area contributed by atoms with Gasteiger partial charge < -0.3 is 15.5 Å². The van der Waals surface area contributed by atoms with Crippen LogP contribution in [0.15, 0.2) is 53.1 Å². The Kier molecular flexibility index (Phi) is 4.71. The molecule has 1 unspecified atom stereocenters. The highest BCUT2D eigenvalue weighted by atomic mass is 32.2. The normalized spacial score (nSPS) is 17.9. The number of nitrogens with zero attached hydrogens (tertiary/aromatic N) is 2. The summed E-state index contributed by atoms with van der Waals surface area (Å²) >= 11 is 0. The number of rotatable bonds is 5. The Morgan fingerprint density at radius 3 is 2.66 bits per heavy atom. The Morgan fingerprint density at radius 2 is 2.00 bits per heavy atom. The fraction of sp³-hybridized carbons (Fsp3) is 0.211. The van der Waals surface area contributed by atoms with Gasteiger partial charge in [0.05, 0.1) is 35.1 Å². The van der Waals surface area contributed by atoms with Crippen LogP contribution < -0.4 is 11.1 Å². The van der Waals surface area contributed by atoms with E-state index in [2.05, 4.69) is 10.4 Å². The summed E-state index contributed by atoms with van der Waals surface area (Å²) in [5.74, 6) is -0.722. The Balaban J connectivity index is 1.69. The molecule has 3 N–H and O–H groups in total. The van der Waals surface area contributed by atoms with Crippen LogP contribution in [0.4, 0.5) is 5.69 Å². The monoisotopic (exact) mass is 414 g/mol. The summed E-state index contributed by atoms with van der Waals surface area (Å²) in [6.07, 6.45) is 1.89. The average molecular weight is 414 g/mol. The van der Waals surface area contributed by atoms with Crippen molar-refractivity contribution >= 4 is 27.3 Å². The summed E-state index contributed by atoms with van der Waals surface area (Å²) in [5.41, 5.74) is 6.37. The summed E-state index contributed by atoms with van der Waals surface area (Å²) < 4.78 is 30.8. The number of amides is 2. The van der Waals surface area contributed by atoms with E-state index in [0.29, 0.717) is 17.9 Å². The number of hydrogen-bond acceptors (Lipinski definition) is 6. The number of para-hydroxylation sites is 1. The molecule has 1 atom stereocenters. The van der Waals surface area contributed by atoms with Crippen molar-refractivity contribution in [3.8, 4) is 11.5 Å². The second kappa shape index (κ2) is 7.21. The van der Waals surface area contributed by atoms with Gasteiger partial charge in [-0.15, -0.1) is 0 Å². The van der Waals surface area contributed by atoms with Crippen LogP contribution in [0.2, 0.25) is 0 Å². The van der Waals surface area contributed by atoms with Crippen LogP contribution in [-0.2, 0) is 9.84 Å². The molecule has 1 aliphatic rings. The molecule has 2 amide bonds. The van der Waals surface area contributed by atoms with Crippen LogP contribution in [-0.4, -0.2) is 41.5 Å². The maximum Gasteiger partial charge on any atom is 0.276 e. The van der Waals surface area contributed by atoms with E-state index in [9.17, 15) is 18.0 Å². The van der Waals surface area contributed by atoms with Gasteiger partial charge >= 0.3 is 0 Å². The fourth-order valence-corrected chi connectivity index (χ4v) is 5.05. The van der Waals surface area contributed by atoms with Gasteiger partial charge in [-0.3, -0.25) is 14.3 Å². The van der Waals surface area contributed by atoms with Crippen LogP contribution in [0.3, 0.4) is 0 Å². The zero-order chi connectivity index (χ0) is 20.6. The van der Waals surface area contributed by atoms with E-state index in [0.717, 1.165) is 0 Å². The summed E-state index contributed by atoms with van der Waals surface area (Å²) in [7, 11) is -3.15. The zero-order valence-electron chi connectivity index (χ0n) is 15.2. The van der Waals surface area contributed by atoms with Gasteiger partial charge in [-0.1, -0.05) is 12.1 Å². The van der Waals surface area contributed by atoms with Crippen LogP contribution >= 0.6 is 0 Å². The lowest BCUT2D eigenvalue weighted by molar-refractivity contribution is 0.100. The number of aromatic nitrogens is 2. The smallest absolute Gasteiger partial charge is 0.276 e. The van der Waals surface area contributed by atoms with Crippen molar-refractivity contribution in [2.24, 2.45) is 5.73 Å². The van der Waals surface area contributed by atoms with Gasteiger partial charge in [-0.25, -0.2) is 8.42 Å². The first-order valence-corrected chi connectivity index (χ1v) is 10.7. The SMILES string of the molecule is NC(=O)c1ccccc1NC(=O)c1cc(-c2ccco2)n(C2CCS(=O)(=O)C2)n1. The number of nitrogens with two attached hydrogens (primary N) is 1. The van der Waals surface area contributed by atoms with Crippen molar-refractivity contribution in [3.63, 3.8) is 0 Å². The molecule has 1 aromatic carbocycles. The van der Waals surface area contributed by atoms with E-state index in [1.165, 1.54) is 23.1 Å². The first-order chi connectivity index (χ1) is 13.8. The summed E-state index contributed by atoms with van der Waals surface area (Å²) in [5, 5.41) is 6.98. The van der Waals surface area contributed by atoms with E-state index < -0.39 is 21.7 Å². The minimum Gasteiger partial charge on any atom is -0.463 e. The highest BCUT2D eigenvalue weighted by Crippen LogP contribution is 2.30. The molecule has 0 saturated carbocycles. The molecule has 0 bridgehead atoms. The third-order valence-corrected chi connectivity index (χ3v) is 6.49. The number of primary amides is 1. The Bertz CT molecular complexity index is 1180. The maximum absolute atomic E-state index is 12.8. The highest BCUT2D eigenvalue weighted by Gasteiger charge is 2.32. The molecule has 10 heteroatoms. The zero-order valence-corrected chi connectivity index (χ0v) is 16.1. The minimum absolute atomic E-state index is 0.0477. The Hall–Kier alpha value is -3.40. The molecule has 3 heterocycles. The average Bonchev–Trinajstić information content (AvgIpc) is 3.40. The molecular formula is C19H18N4O5S. The standard InChI is InChI=1S/C19H18N4O5S/c20-18(24)13-4-1-2-5-14(13)21-19(25)15-10-16(17-6-3-8-28-17)23(22-15)12-7-9-29(26,27)11-12/h1-6,8,10,12H,7,9,11H2,(H2,20,24)(H,21,25). The second-order valence-electron chi connectivity index (χ2n) is 6.76. The van der Waals surface area contributed by atoms with Gasteiger partial charge in [0.1, 0.15) is 5.69 Å². The van der Waals surface area contributed by atoms with Crippen LogP contribution in [0, 0.1) is 0 Å². The van der Waals surface area contributed by atoms with E-state index >= 15 is 0 Å².